The van der Waals surface area contributed by atoms with Crippen LogP contribution in [-0.4, -0.2) is 21.2 Å². The molecule has 5 nitrogen and oxygen atoms in total. The van der Waals surface area contributed by atoms with Gasteiger partial charge in [-0.05, 0) is 49.2 Å². The minimum Gasteiger partial charge on any atom is -0.326 e. The Hall–Kier alpha value is -3.00. The molecule has 0 aliphatic carbocycles. The van der Waals surface area contributed by atoms with Crippen molar-refractivity contribution in [3.8, 4) is 0 Å². The molecule has 0 atom stereocenters. The van der Waals surface area contributed by atoms with Gasteiger partial charge in [0.25, 0.3) is 5.56 Å². The average Bonchev–Trinajstić information content (AvgIpc) is 2.75. The molecule has 3 rings (SSSR count). The Morgan fingerprint density at radius 3 is 2.55 bits per heavy atom. The van der Waals surface area contributed by atoms with Crippen molar-refractivity contribution in [1.29, 1.82) is 0 Å². The summed E-state index contributed by atoms with van der Waals surface area (Å²) in [5.74, 6) is -0.266. The van der Waals surface area contributed by atoms with Gasteiger partial charge in [-0.2, -0.15) is 0 Å². The molecule has 1 aromatic heterocycles. The number of rotatable bonds is 8. The molecule has 0 spiro atoms. The molecule has 8 heteroatoms. The molecule has 0 bridgehead atoms. The SMILES string of the molecule is Cc1nc(SCCCC(=O)Nc2ccc(F)cc2)n(C)c(=O)c1Cc1ccccc1F. The maximum atomic E-state index is 14.0. The number of hydrogen-bond acceptors (Lipinski definition) is 4. The van der Waals surface area contributed by atoms with E-state index < -0.39 is 0 Å². The monoisotopic (exact) mass is 443 g/mol. The number of aryl methyl sites for hydroxylation is 1. The summed E-state index contributed by atoms with van der Waals surface area (Å²) < 4.78 is 28.3. The van der Waals surface area contributed by atoms with E-state index in [4.69, 9.17) is 0 Å². The highest BCUT2D eigenvalue weighted by atomic mass is 32.2. The highest BCUT2D eigenvalue weighted by Crippen LogP contribution is 2.19. The number of thioether (sulfide) groups is 1. The third kappa shape index (κ3) is 6.01. The van der Waals surface area contributed by atoms with Gasteiger partial charge in [0.2, 0.25) is 5.91 Å². The summed E-state index contributed by atoms with van der Waals surface area (Å²) in [6.45, 7) is 1.75. The number of hydrogen-bond donors (Lipinski definition) is 1. The van der Waals surface area contributed by atoms with Crippen molar-refractivity contribution in [1.82, 2.24) is 9.55 Å². The molecule has 0 saturated heterocycles. The number of nitrogens with zero attached hydrogens (tertiary/aromatic N) is 2. The van der Waals surface area contributed by atoms with Crippen molar-refractivity contribution in [2.24, 2.45) is 7.05 Å². The van der Waals surface area contributed by atoms with Crippen LogP contribution < -0.4 is 10.9 Å². The number of halogens is 2. The van der Waals surface area contributed by atoms with Crippen LogP contribution in [0.25, 0.3) is 0 Å². The zero-order valence-corrected chi connectivity index (χ0v) is 18.1. The van der Waals surface area contributed by atoms with Gasteiger partial charge in [-0.1, -0.05) is 30.0 Å². The van der Waals surface area contributed by atoms with Gasteiger partial charge in [0.1, 0.15) is 11.6 Å². The first kappa shape index (κ1) is 22.7. The van der Waals surface area contributed by atoms with E-state index >= 15 is 0 Å². The number of carbonyl (C=O) groups is 1. The van der Waals surface area contributed by atoms with E-state index in [0.717, 1.165) is 0 Å². The Balaban J connectivity index is 1.57. The predicted octanol–water partition coefficient (Wildman–Crippen LogP) is 4.47. The van der Waals surface area contributed by atoms with Gasteiger partial charge in [0.15, 0.2) is 5.16 Å². The van der Waals surface area contributed by atoms with Gasteiger partial charge in [-0.15, -0.1) is 0 Å². The quantitative estimate of drug-likeness (QED) is 0.317. The molecule has 0 fully saturated rings. The van der Waals surface area contributed by atoms with Crippen molar-refractivity contribution < 1.29 is 13.6 Å². The van der Waals surface area contributed by atoms with Crippen LogP contribution in [0.3, 0.4) is 0 Å². The summed E-state index contributed by atoms with van der Waals surface area (Å²) in [4.78, 5) is 29.3. The van der Waals surface area contributed by atoms with E-state index in [0.29, 0.717) is 46.3 Å². The summed E-state index contributed by atoms with van der Waals surface area (Å²) in [5, 5.41) is 3.27. The summed E-state index contributed by atoms with van der Waals surface area (Å²) in [6, 6.07) is 12.0. The molecule has 1 heterocycles. The third-order valence-corrected chi connectivity index (χ3v) is 5.90. The second-order valence-electron chi connectivity index (χ2n) is 7.10. The smallest absolute Gasteiger partial charge is 0.257 e. The standard InChI is InChI=1S/C23H23F2N3O2S/c1-15-19(14-16-6-3-4-7-20(16)25)22(30)28(2)23(26-15)31-13-5-8-21(29)27-18-11-9-17(24)10-12-18/h3-4,6-7,9-12H,5,8,13-14H2,1-2H3,(H,27,29). The summed E-state index contributed by atoms with van der Waals surface area (Å²) in [6.07, 6.45) is 1.07. The zero-order valence-electron chi connectivity index (χ0n) is 17.3. The van der Waals surface area contributed by atoms with E-state index in [-0.39, 0.29) is 29.5 Å². The van der Waals surface area contributed by atoms with E-state index in [9.17, 15) is 18.4 Å². The minimum absolute atomic E-state index is 0.162. The topological polar surface area (TPSA) is 64.0 Å². The van der Waals surface area contributed by atoms with Crippen LogP contribution in [0.1, 0.15) is 29.7 Å². The lowest BCUT2D eigenvalue weighted by Gasteiger charge is -2.12. The number of anilines is 1. The second kappa shape index (κ2) is 10.3. The Bertz CT molecular complexity index is 1130. The molecule has 2 aromatic carbocycles. The van der Waals surface area contributed by atoms with Crippen LogP contribution >= 0.6 is 11.8 Å². The molecule has 0 aliphatic rings. The van der Waals surface area contributed by atoms with Crippen molar-refractivity contribution in [2.45, 2.75) is 31.3 Å². The van der Waals surface area contributed by atoms with Gasteiger partial charge in [-0.25, -0.2) is 13.8 Å². The fourth-order valence-corrected chi connectivity index (χ4v) is 4.00. The van der Waals surface area contributed by atoms with Gasteiger partial charge < -0.3 is 5.32 Å². The second-order valence-corrected chi connectivity index (χ2v) is 8.16. The molecule has 0 saturated carbocycles. The fourth-order valence-electron chi connectivity index (χ4n) is 3.05. The molecule has 0 aliphatic heterocycles. The number of benzene rings is 2. The first-order valence-electron chi connectivity index (χ1n) is 9.83. The average molecular weight is 444 g/mol. The lowest BCUT2D eigenvalue weighted by Crippen LogP contribution is -2.26. The number of amides is 1. The van der Waals surface area contributed by atoms with Crippen molar-refractivity contribution in [3.05, 3.63) is 87.3 Å². The summed E-state index contributed by atoms with van der Waals surface area (Å²) in [5.41, 5.74) is 1.84. The van der Waals surface area contributed by atoms with Crippen LogP contribution in [0.4, 0.5) is 14.5 Å². The highest BCUT2D eigenvalue weighted by Gasteiger charge is 2.14. The maximum Gasteiger partial charge on any atom is 0.257 e. The number of aromatic nitrogens is 2. The Morgan fingerprint density at radius 1 is 1.13 bits per heavy atom. The molecule has 0 unspecified atom stereocenters. The zero-order chi connectivity index (χ0) is 22.4. The van der Waals surface area contributed by atoms with Crippen LogP contribution in [-0.2, 0) is 18.3 Å². The van der Waals surface area contributed by atoms with E-state index in [1.165, 1.54) is 46.7 Å². The van der Waals surface area contributed by atoms with Gasteiger partial charge in [0.05, 0.1) is 0 Å². The molecule has 162 valence electrons. The first-order valence-corrected chi connectivity index (χ1v) is 10.8. The summed E-state index contributed by atoms with van der Waals surface area (Å²) in [7, 11) is 1.64. The van der Waals surface area contributed by atoms with Crippen LogP contribution in [0.2, 0.25) is 0 Å². The Kier molecular flexibility index (Phi) is 7.57. The lowest BCUT2D eigenvalue weighted by atomic mass is 10.0. The van der Waals surface area contributed by atoms with E-state index in [2.05, 4.69) is 10.3 Å². The normalized spacial score (nSPS) is 10.8. The van der Waals surface area contributed by atoms with Gasteiger partial charge >= 0.3 is 0 Å². The third-order valence-electron chi connectivity index (χ3n) is 4.78. The van der Waals surface area contributed by atoms with Crippen LogP contribution in [0.5, 0.6) is 0 Å². The Labute approximate surface area is 183 Å². The Morgan fingerprint density at radius 2 is 1.84 bits per heavy atom. The molecule has 3 aromatic rings. The maximum absolute atomic E-state index is 14.0. The number of carbonyl (C=O) groups excluding carboxylic acids is 1. The lowest BCUT2D eigenvalue weighted by molar-refractivity contribution is -0.116. The number of nitrogens with one attached hydrogen (secondary N) is 1. The largest absolute Gasteiger partial charge is 0.326 e. The first-order chi connectivity index (χ1) is 14.8. The van der Waals surface area contributed by atoms with Crippen molar-refractivity contribution in [2.75, 3.05) is 11.1 Å². The van der Waals surface area contributed by atoms with Crippen LogP contribution in [0, 0.1) is 18.6 Å². The summed E-state index contributed by atoms with van der Waals surface area (Å²) >= 11 is 1.39. The minimum atomic E-state index is -0.359. The molecular weight excluding hydrogens is 420 g/mol. The predicted molar refractivity (Wildman–Crippen MR) is 118 cm³/mol. The van der Waals surface area contributed by atoms with E-state index in [1.54, 1.807) is 32.2 Å². The van der Waals surface area contributed by atoms with Crippen molar-refractivity contribution >= 4 is 23.4 Å². The van der Waals surface area contributed by atoms with Gasteiger partial charge in [0, 0.05) is 42.6 Å². The van der Waals surface area contributed by atoms with Crippen molar-refractivity contribution in [3.63, 3.8) is 0 Å². The van der Waals surface area contributed by atoms with E-state index in [1.807, 2.05) is 0 Å². The van der Waals surface area contributed by atoms with Crippen LogP contribution in [0.15, 0.2) is 58.5 Å². The fraction of sp³-hybridized carbons (Fsp3) is 0.261. The molecule has 1 amide bonds. The molecule has 1 N–H and O–H groups in total. The molecular formula is C23H23F2N3O2S. The molecule has 0 radical (unpaired) electrons. The van der Waals surface area contributed by atoms with Gasteiger partial charge in [-0.3, -0.25) is 14.2 Å². The molecule has 31 heavy (non-hydrogen) atoms. The highest BCUT2D eigenvalue weighted by molar-refractivity contribution is 7.99.